The Hall–Kier alpha value is -2.01. The molecule has 1 aromatic heterocycles. The zero-order valence-electron chi connectivity index (χ0n) is 9.25. The summed E-state index contributed by atoms with van der Waals surface area (Å²) >= 11 is 3.36. The number of aliphatic carboxylic acids is 1. The Morgan fingerprint density at radius 2 is 1.78 bits per heavy atom. The van der Waals surface area contributed by atoms with Crippen LogP contribution in [0, 0.1) is 0 Å². The summed E-state index contributed by atoms with van der Waals surface area (Å²) in [5.74, 6) is -0.387. The Bertz CT molecular complexity index is 577. The number of carboxylic acids is 1. The van der Waals surface area contributed by atoms with Gasteiger partial charge in [-0.3, -0.25) is 0 Å². The number of hydrogen-bond acceptors (Lipinski definition) is 3. The van der Waals surface area contributed by atoms with Crippen LogP contribution in [-0.4, -0.2) is 21.0 Å². The molecule has 4 nitrogen and oxygen atoms in total. The first-order chi connectivity index (χ1) is 8.65. The predicted octanol–water partition coefficient (Wildman–Crippen LogP) is 3.00. The molecule has 18 heavy (non-hydrogen) atoms. The van der Waals surface area contributed by atoms with Crippen LogP contribution in [0.2, 0.25) is 0 Å². The average molecular weight is 305 g/mol. The van der Waals surface area contributed by atoms with Crippen LogP contribution in [0.25, 0.3) is 17.5 Å². The van der Waals surface area contributed by atoms with Gasteiger partial charge in [0.05, 0.1) is 0 Å². The predicted molar refractivity (Wildman–Crippen MR) is 71.8 cm³/mol. The summed E-state index contributed by atoms with van der Waals surface area (Å²) < 4.78 is 0.993. The van der Waals surface area contributed by atoms with Crippen LogP contribution in [0.5, 0.6) is 0 Å². The van der Waals surface area contributed by atoms with Gasteiger partial charge in [-0.2, -0.15) is 0 Å². The van der Waals surface area contributed by atoms with Gasteiger partial charge in [0.2, 0.25) is 0 Å². The average Bonchev–Trinajstić information content (AvgIpc) is 2.38. The second kappa shape index (κ2) is 5.55. The van der Waals surface area contributed by atoms with E-state index in [-0.39, 0.29) is 0 Å². The monoisotopic (exact) mass is 304 g/mol. The molecule has 0 amide bonds. The molecule has 1 aromatic carbocycles. The van der Waals surface area contributed by atoms with Crippen molar-refractivity contribution in [2.24, 2.45) is 0 Å². The molecule has 90 valence electrons. The van der Waals surface area contributed by atoms with Gasteiger partial charge in [-0.05, 0) is 18.2 Å². The maximum Gasteiger partial charge on any atom is 0.328 e. The number of hydrogen-bond donors (Lipinski definition) is 1. The number of nitrogens with zero attached hydrogens (tertiary/aromatic N) is 2. The van der Waals surface area contributed by atoms with Crippen LogP contribution in [-0.2, 0) is 4.79 Å². The molecule has 1 N–H and O–H groups in total. The van der Waals surface area contributed by atoms with Crippen LogP contribution < -0.4 is 0 Å². The number of halogens is 1. The van der Waals surface area contributed by atoms with Crippen molar-refractivity contribution in [1.29, 1.82) is 0 Å². The fourth-order valence-electron chi connectivity index (χ4n) is 1.34. The molecule has 0 fully saturated rings. The van der Waals surface area contributed by atoms with Gasteiger partial charge in [-0.15, -0.1) is 0 Å². The van der Waals surface area contributed by atoms with Crippen LogP contribution in [0.1, 0.15) is 5.56 Å². The van der Waals surface area contributed by atoms with E-state index in [0.29, 0.717) is 11.4 Å². The quantitative estimate of drug-likeness (QED) is 0.885. The Morgan fingerprint density at radius 1 is 1.17 bits per heavy atom. The molecule has 0 aliphatic heterocycles. The standard InChI is InChI=1S/C13H9BrN2O2/c14-11-4-2-10(3-5-11)13-15-7-9(8-16-13)1-6-12(17)18/h1-8H,(H,17,18)/b6-1+. The lowest BCUT2D eigenvalue weighted by Crippen LogP contribution is -1.90. The molecule has 0 unspecified atom stereocenters. The van der Waals surface area contributed by atoms with E-state index < -0.39 is 5.97 Å². The van der Waals surface area contributed by atoms with Crippen molar-refractivity contribution in [1.82, 2.24) is 9.97 Å². The minimum atomic E-state index is -0.994. The summed E-state index contributed by atoms with van der Waals surface area (Å²) in [6.45, 7) is 0. The van der Waals surface area contributed by atoms with Crippen LogP contribution in [0.3, 0.4) is 0 Å². The van der Waals surface area contributed by atoms with Crippen LogP contribution in [0.15, 0.2) is 47.2 Å². The second-order valence-corrected chi connectivity index (χ2v) is 4.43. The van der Waals surface area contributed by atoms with Gasteiger partial charge in [0.15, 0.2) is 5.82 Å². The molecule has 0 saturated carbocycles. The van der Waals surface area contributed by atoms with Gasteiger partial charge in [0.25, 0.3) is 0 Å². The SMILES string of the molecule is O=C(O)/C=C/c1cnc(-c2ccc(Br)cc2)nc1. The molecule has 2 rings (SSSR count). The summed E-state index contributed by atoms with van der Waals surface area (Å²) in [5, 5.41) is 8.50. The van der Waals surface area contributed by atoms with E-state index in [4.69, 9.17) is 5.11 Å². The summed E-state index contributed by atoms with van der Waals surface area (Å²) in [5.41, 5.74) is 1.56. The lowest BCUT2D eigenvalue weighted by Gasteiger charge is -2.00. The second-order valence-electron chi connectivity index (χ2n) is 3.52. The molecule has 1 heterocycles. The van der Waals surface area contributed by atoms with E-state index >= 15 is 0 Å². The first-order valence-electron chi connectivity index (χ1n) is 5.14. The molecular formula is C13H9BrN2O2. The Balaban J connectivity index is 2.22. The lowest BCUT2D eigenvalue weighted by atomic mass is 10.2. The number of aromatic nitrogens is 2. The maximum absolute atomic E-state index is 10.4. The van der Waals surface area contributed by atoms with E-state index in [9.17, 15) is 4.79 Å². The van der Waals surface area contributed by atoms with E-state index in [0.717, 1.165) is 16.1 Å². The molecule has 0 saturated heterocycles. The molecule has 0 spiro atoms. The highest BCUT2D eigenvalue weighted by atomic mass is 79.9. The van der Waals surface area contributed by atoms with Gasteiger partial charge < -0.3 is 5.11 Å². The fraction of sp³-hybridized carbons (Fsp3) is 0. The topological polar surface area (TPSA) is 63.1 Å². The van der Waals surface area contributed by atoms with Crippen molar-refractivity contribution in [3.8, 4) is 11.4 Å². The van der Waals surface area contributed by atoms with Crippen molar-refractivity contribution in [2.75, 3.05) is 0 Å². The summed E-state index contributed by atoms with van der Waals surface area (Å²) in [6, 6.07) is 7.65. The molecule has 5 heteroatoms. The summed E-state index contributed by atoms with van der Waals surface area (Å²) in [6.07, 6.45) is 5.68. The Kier molecular flexibility index (Phi) is 3.84. The molecule has 0 bridgehead atoms. The van der Waals surface area contributed by atoms with Gasteiger partial charge in [0.1, 0.15) is 0 Å². The third-order valence-corrected chi connectivity index (χ3v) is 2.72. The van der Waals surface area contributed by atoms with Crippen LogP contribution >= 0.6 is 15.9 Å². The first kappa shape index (κ1) is 12.4. The number of benzene rings is 1. The number of rotatable bonds is 3. The first-order valence-corrected chi connectivity index (χ1v) is 5.93. The molecule has 0 atom stereocenters. The lowest BCUT2D eigenvalue weighted by molar-refractivity contribution is -0.131. The zero-order valence-corrected chi connectivity index (χ0v) is 10.8. The third-order valence-electron chi connectivity index (χ3n) is 2.19. The van der Waals surface area contributed by atoms with E-state index in [1.807, 2.05) is 24.3 Å². The van der Waals surface area contributed by atoms with Crippen molar-refractivity contribution >= 4 is 28.0 Å². The van der Waals surface area contributed by atoms with Crippen LogP contribution in [0.4, 0.5) is 0 Å². The number of carbonyl (C=O) groups is 1. The molecule has 0 aliphatic carbocycles. The largest absolute Gasteiger partial charge is 0.478 e. The summed E-state index contributed by atoms with van der Waals surface area (Å²) in [7, 11) is 0. The van der Waals surface area contributed by atoms with E-state index in [1.54, 1.807) is 12.4 Å². The van der Waals surface area contributed by atoms with E-state index in [2.05, 4.69) is 25.9 Å². The minimum Gasteiger partial charge on any atom is -0.478 e. The van der Waals surface area contributed by atoms with Gasteiger partial charge >= 0.3 is 5.97 Å². The molecule has 0 radical (unpaired) electrons. The molecule has 2 aromatic rings. The normalized spacial score (nSPS) is 10.7. The highest BCUT2D eigenvalue weighted by Crippen LogP contribution is 2.18. The van der Waals surface area contributed by atoms with Crippen molar-refractivity contribution in [2.45, 2.75) is 0 Å². The van der Waals surface area contributed by atoms with Crippen molar-refractivity contribution in [3.63, 3.8) is 0 Å². The van der Waals surface area contributed by atoms with Crippen molar-refractivity contribution < 1.29 is 9.90 Å². The Labute approximate surface area is 112 Å². The highest BCUT2D eigenvalue weighted by molar-refractivity contribution is 9.10. The number of carboxylic acid groups (broad SMARTS) is 1. The van der Waals surface area contributed by atoms with Gasteiger partial charge in [-0.1, -0.05) is 28.1 Å². The molecule has 0 aliphatic rings. The zero-order chi connectivity index (χ0) is 13.0. The van der Waals surface area contributed by atoms with E-state index in [1.165, 1.54) is 6.08 Å². The smallest absolute Gasteiger partial charge is 0.328 e. The maximum atomic E-state index is 10.4. The van der Waals surface area contributed by atoms with Crippen molar-refractivity contribution in [3.05, 3.63) is 52.8 Å². The molecular weight excluding hydrogens is 296 g/mol. The summed E-state index contributed by atoms with van der Waals surface area (Å²) in [4.78, 5) is 18.7. The Morgan fingerprint density at radius 3 is 2.33 bits per heavy atom. The third kappa shape index (κ3) is 3.24. The van der Waals surface area contributed by atoms with Gasteiger partial charge in [0, 0.05) is 34.1 Å². The highest BCUT2D eigenvalue weighted by Gasteiger charge is 2.00. The fourth-order valence-corrected chi connectivity index (χ4v) is 1.60. The minimum absolute atomic E-state index is 0.606. The van der Waals surface area contributed by atoms with Gasteiger partial charge in [-0.25, -0.2) is 14.8 Å².